The summed E-state index contributed by atoms with van der Waals surface area (Å²) in [4.78, 5) is 37.6. The van der Waals surface area contributed by atoms with Crippen molar-refractivity contribution < 1.29 is 24.2 Å². The number of carbonyl (C=O) groups is 3. The minimum Gasteiger partial charge on any atom is -0.481 e. The molecule has 32 heavy (non-hydrogen) atoms. The summed E-state index contributed by atoms with van der Waals surface area (Å²) in [7, 11) is 0. The Balaban J connectivity index is 1.31. The van der Waals surface area contributed by atoms with Crippen LogP contribution in [0.25, 0.3) is 11.1 Å². The quantitative estimate of drug-likeness (QED) is 0.659. The normalized spacial score (nSPS) is 16.0. The Morgan fingerprint density at radius 3 is 2.22 bits per heavy atom. The Hall–Kier alpha value is -3.35. The van der Waals surface area contributed by atoms with Gasteiger partial charge in [-0.25, -0.2) is 4.79 Å². The van der Waals surface area contributed by atoms with Crippen LogP contribution in [0.15, 0.2) is 48.5 Å². The number of aliphatic carboxylic acids is 1. The number of hydrogen-bond acceptors (Lipinski definition) is 4. The minimum absolute atomic E-state index is 0.0331. The van der Waals surface area contributed by atoms with Crippen molar-refractivity contribution in [1.29, 1.82) is 0 Å². The molecule has 4 rings (SSSR count). The fourth-order valence-corrected chi connectivity index (χ4v) is 4.60. The molecule has 1 aliphatic carbocycles. The molecule has 2 N–H and O–H groups in total. The van der Waals surface area contributed by atoms with Crippen LogP contribution in [0.3, 0.4) is 0 Å². The molecular formula is C25H28N2O5. The van der Waals surface area contributed by atoms with Gasteiger partial charge in [-0.1, -0.05) is 55.5 Å². The molecule has 2 aromatic carbocycles. The minimum atomic E-state index is -0.821. The second-order valence-electron chi connectivity index (χ2n) is 8.47. The van der Waals surface area contributed by atoms with Gasteiger partial charge in [0.2, 0.25) is 5.91 Å². The first-order valence-corrected chi connectivity index (χ1v) is 11.1. The third-order valence-corrected chi connectivity index (χ3v) is 6.38. The maximum absolute atomic E-state index is 12.7. The smallest absolute Gasteiger partial charge is 0.407 e. The van der Waals surface area contributed by atoms with E-state index in [1.807, 2.05) is 31.2 Å². The molecule has 1 saturated heterocycles. The number of amides is 2. The summed E-state index contributed by atoms with van der Waals surface area (Å²) in [6.07, 6.45) is 0.534. The first kappa shape index (κ1) is 21.9. The van der Waals surface area contributed by atoms with Crippen molar-refractivity contribution in [1.82, 2.24) is 10.2 Å². The van der Waals surface area contributed by atoms with Gasteiger partial charge in [0.1, 0.15) is 12.6 Å². The lowest BCUT2D eigenvalue weighted by molar-refractivity contribution is -0.141. The topological polar surface area (TPSA) is 95.9 Å². The number of nitrogens with zero attached hydrogens (tertiary/aromatic N) is 1. The van der Waals surface area contributed by atoms with Crippen LogP contribution in [0.2, 0.25) is 0 Å². The highest BCUT2D eigenvalue weighted by molar-refractivity contribution is 5.86. The zero-order chi connectivity index (χ0) is 22.7. The van der Waals surface area contributed by atoms with Gasteiger partial charge in [-0.2, -0.15) is 0 Å². The van der Waals surface area contributed by atoms with Gasteiger partial charge >= 0.3 is 12.1 Å². The van der Waals surface area contributed by atoms with Crippen LogP contribution in [0.5, 0.6) is 0 Å². The van der Waals surface area contributed by atoms with Crippen molar-refractivity contribution in [3.05, 3.63) is 59.7 Å². The van der Waals surface area contributed by atoms with Crippen LogP contribution in [-0.4, -0.2) is 53.7 Å². The highest BCUT2D eigenvalue weighted by Gasteiger charge is 2.35. The lowest BCUT2D eigenvalue weighted by Gasteiger charge is -2.41. The number of likely N-dealkylation sites (tertiary alicyclic amines) is 1. The Kier molecular flexibility index (Phi) is 6.44. The molecular weight excluding hydrogens is 408 g/mol. The van der Waals surface area contributed by atoms with E-state index in [2.05, 4.69) is 29.6 Å². The Labute approximate surface area is 187 Å². The molecule has 0 radical (unpaired) electrons. The summed E-state index contributed by atoms with van der Waals surface area (Å²) in [5.74, 6) is -0.790. The fourth-order valence-electron chi connectivity index (χ4n) is 4.60. The number of ether oxygens (including phenoxy) is 1. The van der Waals surface area contributed by atoms with E-state index in [1.165, 1.54) is 0 Å². The number of carbonyl (C=O) groups excluding carboxylic acids is 2. The molecule has 0 spiro atoms. The molecule has 1 fully saturated rings. The highest BCUT2D eigenvalue weighted by Crippen LogP contribution is 2.44. The highest BCUT2D eigenvalue weighted by atomic mass is 16.5. The molecule has 2 aliphatic rings. The summed E-state index contributed by atoms with van der Waals surface area (Å²) in [6, 6.07) is 15.6. The van der Waals surface area contributed by atoms with Crippen LogP contribution < -0.4 is 5.32 Å². The second kappa shape index (κ2) is 9.42. The van der Waals surface area contributed by atoms with Gasteiger partial charge in [0.15, 0.2) is 0 Å². The molecule has 168 valence electrons. The van der Waals surface area contributed by atoms with Crippen molar-refractivity contribution in [3.8, 4) is 11.1 Å². The lowest BCUT2D eigenvalue weighted by Crippen LogP contribution is -2.57. The van der Waals surface area contributed by atoms with E-state index in [-0.39, 0.29) is 30.8 Å². The van der Waals surface area contributed by atoms with E-state index in [0.29, 0.717) is 25.9 Å². The number of nitrogens with one attached hydrogen (secondary N) is 1. The zero-order valence-electron chi connectivity index (χ0n) is 18.1. The van der Waals surface area contributed by atoms with Crippen LogP contribution in [0.1, 0.15) is 43.2 Å². The maximum atomic E-state index is 12.7. The molecule has 7 heteroatoms. The predicted octanol–water partition coefficient (Wildman–Crippen LogP) is 3.63. The predicted molar refractivity (Wildman–Crippen MR) is 119 cm³/mol. The molecule has 0 aromatic heterocycles. The van der Waals surface area contributed by atoms with Crippen LogP contribution in [0.4, 0.5) is 4.79 Å². The van der Waals surface area contributed by atoms with E-state index in [1.54, 1.807) is 4.90 Å². The zero-order valence-corrected chi connectivity index (χ0v) is 18.1. The second-order valence-corrected chi connectivity index (χ2v) is 8.47. The number of alkyl carbamates (subject to hydrolysis) is 1. The van der Waals surface area contributed by atoms with E-state index in [0.717, 1.165) is 22.3 Å². The average Bonchev–Trinajstić information content (AvgIpc) is 3.08. The Bertz CT molecular complexity index is 969. The molecule has 0 bridgehead atoms. The lowest BCUT2D eigenvalue weighted by atomic mass is 9.93. The molecule has 1 aliphatic heterocycles. The molecule has 7 nitrogen and oxygen atoms in total. The van der Waals surface area contributed by atoms with Crippen molar-refractivity contribution in [2.24, 2.45) is 5.92 Å². The largest absolute Gasteiger partial charge is 0.481 e. The first-order valence-electron chi connectivity index (χ1n) is 11.1. The van der Waals surface area contributed by atoms with Crippen molar-refractivity contribution >= 4 is 18.0 Å². The van der Waals surface area contributed by atoms with Gasteiger partial charge in [-0.05, 0) is 41.0 Å². The molecule has 1 atom stereocenters. The number of hydrogen-bond donors (Lipinski definition) is 2. The number of carboxylic acid groups (broad SMARTS) is 1. The third kappa shape index (κ3) is 4.47. The van der Waals surface area contributed by atoms with Gasteiger partial charge in [0.05, 0.1) is 0 Å². The summed E-state index contributed by atoms with van der Waals surface area (Å²) in [6.45, 7) is 3.11. The van der Waals surface area contributed by atoms with Gasteiger partial charge in [0, 0.05) is 25.4 Å². The van der Waals surface area contributed by atoms with Crippen molar-refractivity contribution in [2.45, 2.75) is 38.1 Å². The Morgan fingerprint density at radius 1 is 1.06 bits per heavy atom. The van der Waals surface area contributed by atoms with Gasteiger partial charge in [-0.15, -0.1) is 0 Å². The van der Waals surface area contributed by atoms with Crippen molar-refractivity contribution in [3.63, 3.8) is 0 Å². The standard InChI is InChI=1S/C25H28N2O5/c1-2-22(24(30)27-13-16(14-27)11-12-23(28)29)26-25(31)32-15-21-19-9-5-3-7-17(19)18-8-4-6-10-20(18)21/h3-10,16,21-22H,2,11-15H2,1H3,(H,26,31)(H,28,29)/t22-/m0/s1. The van der Waals surface area contributed by atoms with Crippen LogP contribution in [-0.2, 0) is 14.3 Å². The summed E-state index contributed by atoms with van der Waals surface area (Å²) in [5, 5.41) is 11.5. The molecule has 2 amide bonds. The van der Waals surface area contributed by atoms with E-state index < -0.39 is 18.1 Å². The van der Waals surface area contributed by atoms with Gasteiger partial charge < -0.3 is 20.1 Å². The van der Waals surface area contributed by atoms with Crippen LogP contribution >= 0.6 is 0 Å². The molecule has 1 heterocycles. The number of fused-ring (bicyclic) bond motifs is 3. The SMILES string of the molecule is CC[C@H](NC(=O)OCC1c2ccccc2-c2ccccc21)C(=O)N1CC(CCC(=O)O)C1. The summed E-state index contributed by atoms with van der Waals surface area (Å²) < 4.78 is 5.55. The summed E-state index contributed by atoms with van der Waals surface area (Å²) >= 11 is 0. The van der Waals surface area contributed by atoms with E-state index in [9.17, 15) is 14.4 Å². The summed E-state index contributed by atoms with van der Waals surface area (Å²) in [5.41, 5.74) is 4.60. The molecule has 0 unspecified atom stereocenters. The van der Waals surface area contributed by atoms with Crippen molar-refractivity contribution in [2.75, 3.05) is 19.7 Å². The number of carboxylic acids is 1. The number of rotatable bonds is 8. The monoisotopic (exact) mass is 436 g/mol. The maximum Gasteiger partial charge on any atom is 0.407 e. The van der Waals surface area contributed by atoms with E-state index >= 15 is 0 Å². The Morgan fingerprint density at radius 2 is 1.66 bits per heavy atom. The van der Waals surface area contributed by atoms with Crippen LogP contribution in [0, 0.1) is 5.92 Å². The van der Waals surface area contributed by atoms with E-state index in [4.69, 9.17) is 9.84 Å². The third-order valence-electron chi connectivity index (χ3n) is 6.38. The average molecular weight is 437 g/mol. The first-order chi connectivity index (χ1) is 15.5. The fraction of sp³-hybridized carbons (Fsp3) is 0.400. The molecule has 2 aromatic rings. The van der Waals surface area contributed by atoms with Gasteiger partial charge in [-0.3, -0.25) is 9.59 Å². The molecule has 0 saturated carbocycles. The van der Waals surface area contributed by atoms with Gasteiger partial charge in [0.25, 0.3) is 0 Å². The number of benzene rings is 2.